The Morgan fingerprint density at radius 1 is 1.17 bits per heavy atom. The van der Waals surface area contributed by atoms with Gasteiger partial charge in [0.2, 0.25) is 15.9 Å². The van der Waals surface area contributed by atoms with E-state index < -0.39 is 22.5 Å². The third-order valence-electron chi connectivity index (χ3n) is 5.02. The molecule has 0 spiro atoms. The van der Waals surface area contributed by atoms with E-state index in [-0.39, 0.29) is 17.7 Å². The minimum Gasteiger partial charge on any atom is -0.351 e. The van der Waals surface area contributed by atoms with Gasteiger partial charge in [-0.05, 0) is 49.1 Å². The summed E-state index contributed by atoms with van der Waals surface area (Å²) >= 11 is 0. The summed E-state index contributed by atoms with van der Waals surface area (Å²) in [5.74, 6) is -0.181. The van der Waals surface area contributed by atoms with Crippen molar-refractivity contribution in [2.24, 2.45) is 11.8 Å². The highest BCUT2D eigenvalue weighted by Crippen LogP contribution is 2.44. The van der Waals surface area contributed by atoms with Gasteiger partial charge in [0.1, 0.15) is 6.54 Å². The molecule has 0 bridgehead atoms. The van der Waals surface area contributed by atoms with Crippen LogP contribution >= 0.6 is 0 Å². The first-order valence-corrected chi connectivity index (χ1v) is 9.98. The molecule has 2 amide bonds. The maximum absolute atomic E-state index is 12.5. The zero-order valence-corrected chi connectivity index (χ0v) is 14.1. The predicted molar refractivity (Wildman–Crippen MR) is 87.5 cm³/mol. The van der Waals surface area contributed by atoms with Crippen molar-refractivity contribution in [3.8, 4) is 0 Å². The molecule has 24 heavy (non-hydrogen) atoms. The molecular weight excluding hydrogens is 328 g/mol. The molecular formula is C17H20N2O4S. The molecule has 0 saturated heterocycles. The van der Waals surface area contributed by atoms with Gasteiger partial charge >= 0.3 is 0 Å². The van der Waals surface area contributed by atoms with Crippen LogP contribution in [0.5, 0.6) is 0 Å². The molecule has 2 aliphatic carbocycles. The summed E-state index contributed by atoms with van der Waals surface area (Å²) < 4.78 is 25.5. The molecule has 4 rings (SSSR count). The Labute approximate surface area is 141 Å². The van der Waals surface area contributed by atoms with E-state index in [1.54, 1.807) is 24.3 Å². The van der Waals surface area contributed by atoms with Crippen LogP contribution in [-0.4, -0.2) is 37.1 Å². The summed E-state index contributed by atoms with van der Waals surface area (Å²) in [7, 11) is -3.80. The van der Waals surface area contributed by atoms with Crippen LogP contribution < -0.4 is 5.32 Å². The van der Waals surface area contributed by atoms with Crippen LogP contribution in [0.3, 0.4) is 0 Å². The van der Waals surface area contributed by atoms with Crippen LogP contribution in [0, 0.1) is 11.8 Å². The molecule has 0 atom stereocenters. The molecule has 128 valence electrons. The standard InChI is InChI=1S/C17H20N2O4S/c20-15(18-16(11-5-6-11)12-7-8-12)9-19-17(21)14-4-2-1-3-13(14)10-24(19,22)23/h1-4,11-12,16H,5-10H2,(H,18,20). The van der Waals surface area contributed by atoms with E-state index >= 15 is 0 Å². The first-order valence-electron chi connectivity index (χ1n) is 8.38. The molecule has 1 N–H and O–H groups in total. The summed E-state index contributed by atoms with van der Waals surface area (Å²) in [6, 6.07) is 6.79. The van der Waals surface area contributed by atoms with E-state index in [9.17, 15) is 18.0 Å². The van der Waals surface area contributed by atoms with E-state index in [1.165, 1.54) is 0 Å². The summed E-state index contributed by atoms with van der Waals surface area (Å²) in [4.78, 5) is 24.9. The summed E-state index contributed by atoms with van der Waals surface area (Å²) in [5.41, 5.74) is 0.856. The van der Waals surface area contributed by atoms with Crippen LogP contribution in [-0.2, 0) is 20.6 Å². The second-order valence-corrected chi connectivity index (χ2v) is 8.89. The van der Waals surface area contributed by atoms with Gasteiger partial charge in [-0.15, -0.1) is 0 Å². The summed E-state index contributed by atoms with van der Waals surface area (Å²) in [5, 5.41) is 2.97. The molecule has 2 saturated carbocycles. The minimum absolute atomic E-state index is 0.146. The lowest BCUT2D eigenvalue weighted by atomic mass is 10.1. The third-order valence-corrected chi connectivity index (χ3v) is 6.66. The van der Waals surface area contributed by atoms with E-state index in [2.05, 4.69) is 5.32 Å². The molecule has 2 fully saturated rings. The fraction of sp³-hybridized carbons (Fsp3) is 0.529. The molecule has 1 heterocycles. The van der Waals surface area contributed by atoms with Gasteiger partial charge in [0.25, 0.3) is 5.91 Å². The van der Waals surface area contributed by atoms with Gasteiger partial charge in [-0.3, -0.25) is 9.59 Å². The topological polar surface area (TPSA) is 83.6 Å². The zero-order valence-electron chi connectivity index (χ0n) is 13.3. The average molecular weight is 348 g/mol. The Kier molecular flexibility index (Phi) is 3.63. The highest BCUT2D eigenvalue weighted by Gasteiger charge is 2.43. The average Bonchev–Trinajstić information content (AvgIpc) is 3.42. The maximum atomic E-state index is 12.5. The molecule has 6 nitrogen and oxygen atoms in total. The second-order valence-electron chi connectivity index (χ2n) is 6.99. The Balaban J connectivity index is 1.50. The van der Waals surface area contributed by atoms with Crippen molar-refractivity contribution in [3.05, 3.63) is 35.4 Å². The SMILES string of the molecule is O=C(CN1C(=O)c2ccccc2CS1(=O)=O)NC(C1CC1)C1CC1. The van der Waals surface area contributed by atoms with Crippen molar-refractivity contribution < 1.29 is 18.0 Å². The highest BCUT2D eigenvalue weighted by atomic mass is 32.2. The fourth-order valence-electron chi connectivity index (χ4n) is 3.45. The largest absolute Gasteiger partial charge is 0.351 e. The van der Waals surface area contributed by atoms with Gasteiger partial charge in [-0.1, -0.05) is 18.2 Å². The Hall–Kier alpha value is -1.89. The van der Waals surface area contributed by atoms with Crippen molar-refractivity contribution in [3.63, 3.8) is 0 Å². The van der Waals surface area contributed by atoms with Gasteiger partial charge < -0.3 is 5.32 Å². The van der Waals surface area contributed by atoms with Crippen LogP contribution in [0.4, 0.5) is 0 Å². The molecule has 1 aliphatic heterocycles. The lowest BCUT2D eigenvalue weighted by Gasteiger charge is -2.28. The van der Waals surface area contributed by atoms with Crippen molar-refractivity contribution in [1.82, 2.24) is 9.62 Å². The molecule has 3 aliphatic rings. The van der Waals surface area contributed by atoms with E-state index in [0.29, 0.717) is 23.0 Å². The van der Waals surface area contributed by atoms with E-state index in [1.807, 2.05) is 0 Å². The third kappa shape index (κ3) is 2.92. The normalized spacial score (nSPS) is 22.4. The highest BCUT2D eigenvalue weighted by molar-refractivity contribution is 7.89. The number of rotatable bonds is 5. The van der Waals surface area contributed by atoms with Crippen LogP contribution in [0.15, 0.2) is 24.3 Å². The number of hydrogen-bond acceptors (Lipinski definition) is 4. The molecule has 0 radical (unpaired) electrons. The van der Waals surface area contributed by atoms with Gasteiger partial charge in [-0.25, -0.2) is 12.7 Å². The first-order chi connectivity index (χ1) is 11.5. The fourth-order valence-corrected chi connectivity index (χ4v) is 4.92. The number of nitrogens with one attached hydrogen (secondary N) is 1. The predicted octanol–water partition coefficient (Wildman–Crippen LogP) is 1.28. The molecule has 0 unspecified atom stereocenters. The van der Waals surface area contributed by atoms with Crippen molar-refractivity contribution >= 4 is 21.8 Å². The summed E-state index contributed by atoms with van der Waals surface area (Å²) in [6.07, 6.45) is 4.48. The van der Waals surface area contributed by atoms with Crippen LogP contribution in [0.1, 0.15) is 41.6 Å². The minimum atomic E-state index is -3.80. The lowest BCUT2D eigenvalue weighted by molar-refractivity contribution is -0.122. The van der Waals surface area contributed by atoms with Crippen molar-refractivity contribution in [1.29, 1.82) is 0 Å². The lowest BCUT2D eigenvalue weighted by Crippen LogP contribution is -2.49. The number of sulfonamides is 1. The van der Waals surface area contributed by atoms with Crippen molar-refractivity contribution in [2.75, 3.05) is 6.54 Å². The smallest absolute Gasteiger partial charge is 0.268 e. The second kappa shape index (κ2) is 5.58. The molecule has 1 aromatic rings. The van der Waals surface area contributed by atoms with Gasteiger partial charge in [0.15, 0.2) is 0 Å². The number of amides is 2. The van der Waals surface area contributed by atoms with Crippen LogP contribution in [0.2, 0.25) is 0 Å². The Bertz CT molecular complexity index is 785. The molecule has 1 aromatic carbocycles. The first kappa shape index (κ1) is 15.6. The van der Waals surface area contributed by atoms with E-state index in [0.717, 1.165) is 30.0 Å². The van der Waals surface area contributed by atoms with E-state index in [4.69, 9.17) is 0 Å². The Morgan fingerprint density at radius 2 is 1.79 bits per heavy atom. The number of nitrogens with zero attached hydrogens (tertiary/aromatic N) is 1. The number of carbonyl (C=O) groups excluding carboxylic acids is 2. The van der Waals surface area contributed by atoms with Crippen molar-refractivity contribution in [2.45, 2.75) is 37.5 Å². The quantitative estimate of drug-likeness (QED) is 0.869. The number of benzene rings is 1. The molecule has 7 heteroatoms. The van der Waals surface area contributed by atoms with Crippen LogP contribution in [0.25, 0.3) is 0 Å². The number of hydrogen-bond donors (Lipinski definition) is 1. The zero-order chi connectivity index (χ0) is 16.9. The van der Waals surface area contributed by atoms with Gasteiger partial charge in [0.05, 0.1) is 5.75 Å². The Morgan fingerprint density at radius 3 is 2.42 bits per heavy atom. The summed E-state index contributed by atoms with van der Waals surface area (Å²) in [6.45, 7) is -0.425. The molecule has 0 aromatic heterocycles. The maximum Gasteiger partial charge on any atom is 0.268 e. The number of fused-ring (bicyclic) bond motifs is 1. The monoisotopic (exact) mass is 348 g/mol. The number of carbonyl (C=O) groups is 2. The van der Waals surface area contributed by atoms with Gasteiger partial charge in [0, 0.05) is 11.6 Å². The van der Waals surface area contributed by atoms with Gasteiger partial charge in [-0.2, -0.15) is 0 Å².